The SMILES string of the molecule is c1ccc(CN2CC[C@@]3(c4ccccc4)C[C@H]3C2)cc1. The summed E-state index contributed by atoms with van der Waals surface area (Å²) in [6.45, 7) is 3.62. The van der Waals surface area contributed by atoms with Gasteiger partial charge in [-0.25, -0.2) is 0 Å². The van der Waals surface area contributed by atoms with Gasteiger partial charge in [-0.1, -0.05) is 60.7 Å². The van der Waals surface area contributed by atoms with Gasteiger partial charge in [-0.2, -0.15) is 0 Å². The second-order valence-corrected chi connectivity index (χ2v) is 6.39. The zero-order chi connectivity index (χ0) is 13.4. The number of likely N-dealkylation sites (tertiary alicyclic amines) is 1. The smallest absolute Gasteiger partial charge is 0.0233 e. The number of fused-ring (bicyclic) bond motifs is 1. The average Bonchev–Trinajstić information content (AvgIpc) is 3.24. The summed E-state index contributed by atoms with van der Waals surface area (Å²) in [6.07, 6.45) is 2.72. The molecule has 102 valence electrons. The van der Waals surface area contributed by atoms with Crippen LogP contribution in [0.15, 0.2) is 60.7 Å². The first-order chi connectivity index (χ1) is 9.87. The van der Waals surface area contributed by atoms with Gasteiger partial charge in [-0.15, -0.1) is 0 Å². The molecule has 1 heteroatoms. The third-order valence-electron chi connectivity index (χ3n) is 5.18. The Kier molecular flexibility index (Phi) is 2.89. The van der Waals surface area contributed by atoms with Gasteiger partial charge in [0.15, 0.2) is 0 Å². The van der Waals surface area contributed by atoms with Gasteiger partial charge in [0.2, 0.25) is 0 Å². The molecule has 0 N–H and O–H groups in total. The number of piperidine rings is 1. The normalized spacial score (nSPS) is 28.9. The summed E-state index contributed by atoms with van der Waals surface area (Å²) in [4.78, 5) is 2.63. The molecule has 1 aliphatic carbocycles. The van der Waals surface area contributed by atoms with Crippen LogP contribution in [0.4, 0.5) is 0 Å². The summed E-state index contributed by atoms with van der Waals surface area (Å²) >= 11 is 0. The summed E-state index contributed by atoms with van der Waals surface area (Å²) in [7, 11) is 0. The lowest BCUT2D eigenvalue weighted by Crippen LogP contribution is -2.35. The topological polar surface area (TPSA) is 3.24 Å². The molecule has 2 aromatic carbocycles. The van der Waals surface area contributed by atoms with E-state index in [2.05, 4.69) is 65.6 Å². The lowest BCUT2D eigenvalue weighted by atomic mass is 9.87. The largest absolute Gasteiger partial charge is 0.299 e. The standard InChI is InChI=1S/C19H21N/c1-3-7-16(8-4-1)14-20-12-11-19(13-18(19)15-20)17-9-5-2-6-10-17/h1-10,18H,11-15H2/t18-,19-/m0/s1. The van der Waals surface area contributed by atoms with Crippen LogP contribution in [0.3, 0.4) is 0 Å². The van der Waals surface area contributed by atoms with E-state index in [1.54, 1.807) is 5.56 Å². The first-order valence-corrected chi connectivity index (χ1v) is 7.69. The van der Waals surface area contributed by atoms with Gasteiger partial charge in [0.1, 0.15) is 0 Å². The molecule has 0 bridgehead atoms. The Balaban J connectivity index is 1.44. The molecule has 20 heavy (non-hydrogen) atoms. The van der Waals surface area contributed by atoms with Crippen LogP contribution in [-0.4, -0.2) is 18.0 Å². The fourth-order valence-electron chi connectivity index (χ4n) is 3.94. The van der Waals surface area contributed by atoms with Crippen molar-refractivity contribution >= 4 is 0 Å². The van der Waals surface area contributed by atoms with Crippen LogP contribution >= 0.6 is 0 Å². The molecule has 0 aromatic heterocycles. The Morgan fingerprint density at radius 1 is 0.950 bits per heavy atom. The highest BCUT2D eigenvalue weighted by molar-refractivity contribution is 5.35. The molecule has 2 fully saturated rings. The minimum absolute atomic E-state index is 0.522. The van der Waals surface area contributed by atoms with E-state index in [-0.39, 0.29) is 0 Å². The molecular formula is C19H21N. The molecule has 2 aromatic rings. The number of hydrogen-bond acceptors (Lipinski definition) is 1. The van der Waals surface area contributed by atoms with Crippen molar-refractivity contribution in [3.63, 3.8) is 0 Å². The summed E-state index contributed by atoms with van der Waals surface area (Å²) < 4.78 is 0. The lowest BCUT2D eigenvalue weighted by Gasteiger charge is -2.32. The van der Waals surface area contributed by atoms with Gasteiger partial charge < -0.3 is 0 Å². The van der Waals surface area contributed by atoms with Gasteiger partial charge in [0, 0.05) is 18.5 Å². The van der Waals surface area contributed by atoms with Crippen LogP contribution in [0.1, 0.15) is 24.0 Å². The van der Waals surface area contributed by atoms with E-state index in [0.29, 0.717) is 5.41 Å². The average molecular weight is 263 g/mol. The summed E-state index contributed by atoms with van der Waals surface area (Å²) in [6, 6.07) is 22.0. The Morgan fingerprint density at radius 3 is 2.35 bits per heavy atom. The van der Waals surface area contributed by atoms with Crippen molar-refractivity contribution in [2.24, 2.45) is 5.92 Å². The van der Waals surface area contributed by atoms with E-state index in [0.717, 1.165) is 12.5 Å². The van der Waals surface area contributed by atoms with Gasteiger partial charge in [0.05, 0.1) is 0 Å². The van der Waals surface area contributed by atoms with Crippen molar-refractivity contribution in [3.05, 3.63) is 71.8 Å². The summed E-state index contributed by atoms with van der Waals surface area (Å²) in [5.41, 5.74) is 3.54. The molecule has 4 rings (SSSR count). The monoisotopic (exact) mass is 263 g/mol. The molecule has 2 aliphatic rings. The molecule has 1 heterocycles. The molecule has 0 radical (unpaired) electrons. The maximum atomic E-state index is 2.63. The summed E-state index contributed by atoms with van der Waals surface area (Å²) in [5, 5.41) is 0. The maximum absolute atomic E-state index is 2.63. The quantitative estimate of drug-likeness (QED) is 0.813. The minimum atomic E-state index is 0.522. The Morgan fingerprint density at radius 2 is 1.65 bits per heavy atom. The predicted octanol–water partition coefficient (Wildman–Crippen LogP) is 3.85. The van der Waals surface area contributed by atoms with E-state index >= 15 is 0 Å². The van der Waals surface area contributed by atoms with Crippen LogP contribution in [0, 0.1) is 5.92 Å². The van der Waals surface area contributed by atoms with Crippen molar-refractivity contribution in [2.45, 2.75) is 24.8 Å². The first-order valence-electron chi connectivity index (χ1n) is 7.69. The molecule has 0 unspecified atom stereocenters. The lowest BCUT2D eigenvalue weighted by molar-refractivity contribution is 0.199. The minimum Gasteiger partial charge on any atom is -0.299 e. The maximum Gasteiger partial charge on any atom is 0.0233 e. The Labute approximate surface area is 121 Å². The zero-order valence-electron chi connectivity index (χ0n) is 11.8. The van der Waals surface area contributed by atoms with Gasteiger partial charge >= 0.3 is 0 Å². The van der Waals surface area contributed by atoms with E-state index in [9.17, 15) is 0 Å². The van der Waals surface area contributed by atoms with Crippen molar-refractivity contribution in [3.8, 4) is 0 Å². The number of nitrogens with zero attached hydrogens (tertiary/aromatic N) is 1. The fraction of sp³-hybridized carbons (Fsp3) is 0.368. The molecule has 1 nitrogen and oxygen atoms in total. The number of benzene rings is 2. The van der Waals surface area contributed by atoms with Crippen molar-refractivity contribution in [1.82, 2.24) is 4.90 Å². The van der Waals surface area contributed by atoms with Crippen molar-refractivity contribution in [1.29, 1.82) is 0 Å². The van der Waals surface area contributed by atoms with Crippen LogP contribution in [-0.2, 0) is 12.0 Å². The Hall–Kier alpha value is -1.60. The highest BCUT2D eigenvalue weighted by Gasteiger charge is 2.57. The van der Waals surface area contributed by atoms with Crippen LogP contribution in [0.5, 0.6) is 0 Å². The molecule has 2 atom stereocenters. The van der Waals surface area contributed by atoms with E-state index in [4.69, 9.17) is 0 Å². The highest BCUT2D eigenvalue weighted by atomic mass is 15.1. The van der Waals surface area contributed by atoms with Crippen molar-refractivity contribution in [2.75, 3.05) is 13.1 Å². The van der Waals surface area contributed by atoms with E-state index < -0.39 is 0 Å². The fourth-order valence-corrected chi connectivity index (χ4v) is 3.94. The van der Waals surface area contributed by atoms with Crippen molar-refractivity contribution < 1.29 is 0 Å². The molecule has 0 spiro atoms. The second kappa shape index (κ2) is 4.75. The molecule has 1 saturated heterocycles. The number of hydrogen-bond donors (Lipinski definition) is 0. The van der Waals surface area contributed by atoms with Gasteiger partial charge in [-0.3, -0.25) is 4.90 Å². The molecular weight excluding hydrogens is 242 g/mol. The van der Waals surface area contributed by atoms with E-state index in [1.807, 2.05) is 0 Å². The zero-order valence-corrected chi connectivity index (χ0v) is 11.8. The third kappa shape index (κ3) is 2.06. The molecule has 1 saturated carbocycles. The number of rotatable bonds is 3. The second-order valence-electron chi connectivity index (χ2n) is 6.39. The third-order valence-corrected chi connectivity index (χ3v) is 5.18. The molecule has 1 aliphatic heterocycles. The van der Waals surface area contributed by atoms with Crippen LogP contribution in [0.25, 0.3) is 0 Å². The predicted molar refractivity (Wildman–Crippen MR) is 82.6 cm³/mol. The van der Waals surface area contributed by atoms with Gasteiger partial charge in [0.25, 0.3) is 0 Å². The molecule has 0 amide bonds. The summed E-state index contributed by atoms with van der Waals surface area (Å²) in [5.74, 6) is 0.877. The van der Waals surface area contributed by atoms with Crippen LogP contribution < -0.4 is 0 Å². The van der Waals surface area contributed by atoms with E-state index in [1.165, 1.54) is 31.5 Å². The highest BCUT2D eigenvalue weighted by Crippen LogP contribution is 2.59. The van der Waals surface area contributed by atoms with Gasteiger partial charge in [-0.05, 0) is 36.4 Å². The van der Waals surface area contributed by atoms with Crippen LogP contribution in [0.2, 0.25) is 0 Å². The Bertz CT molecular complexity index is 577. The first kappa shape index (κ1) is 12.2.